The van der Waals surface area contributed by atoms with E-state index in [9.17, 15) is 4.79 Å². The fourth-order valence-corrected chi connectivity index (χ4v) is 3.59. The van der Waals surface area contributed by atoms with Gasteiger partial charge in [0.05, 0.1) is 5.56 Å². The molecule has 1 atom stereocenters. The largest absolute Gasteiger partial charge is 0.336 e. The van der Waals surface area contributed by atoms with Gasteiger partial charge in [0.1, 0.15) is 0 Å². The highest BCUT2D eigenvalue weighted by Crippen LogP contribution is 2.26. The van der Waals surface area contributed by atoms with E-state index in [0.717, 1.165) is 35.2 Å². The first-order valence-electron chi connectivity index (χ1n) is 6.95. The van der Waals surface area contributed by atoms with Gasteiger partial charge in [-0.2, -0.15) is 0 Å². The average Bonchev–Trinajstić information content (AvgIpc) is 2.88. The summed E-state index contributed by atoms with van der Waals surface area (Å²) in [6.45, 7) is 6.01. The van der Waals surface area contributed by atoms with E-state index in [1.165, 1.54) is 19.4 Å². The van der Waals surface area contributed by atoms with Gasteiger partial charge in [0.15, 0.2) is 0 Å². The van der Waals surface area contributed by atoms with Gasteiger partial charge in [-0.05, 0) is 53.9 Å². The first-order valence-corrected chi connectivity index (χ1v) is 7.74. The van der Waals surface area contributed by atoms with Crippen LogP contribution in [0.15, 0.2) is 22.7 Å². The summed E-state index contributed by atoms with van der Waals surface area (Å²) in [5, 5.41) is 0. The van der Waals surface area contributed by atoms with Crippen LogP contribution in [0.3, 0.4) is 0 Å². The number of amides is 1. The van der Waals surface area contributed by atoms with E-state index >= 15 is 0 Å². The molecule has 0 aliphatic carbocycles. The lowest BCUT2D eigenvalue weighted by Gasteiger charge is -2.37. The van der Waals surface area contributed by atoms with Gasteiger partial charge in [-0.15, -0.1) is 0 Å². The monoisotopic (exact) mass is 322 g/mol. The SMILES string of the molecule is Cc1cccc(C(=O)N2CCN3CCCC3C2)c1Br. The van der Waals surface area contributed by atoms with Crippen molar-refractivity contribution >= 4 is 21.8 Å². The molecule has 2 aliphatic rings. The van der Waals surface area contributed by atoms with Crippen LogP contribution in [0, 0.1) is 6.92 Å². The molecular weight excluding hydrogens is 304 g/mol. The molecule has 19 heavy (non-hydrogen) atoms. The second-order valence-corrected chi connectivity index (χ2v) is 6.31. The van der Waals surface area contributed by atoms with Crippen LogP contribution in [-0.2, 0) is 0 Å². The van der Waals surface area contributed by atoms with Crippen LogP contribution >= 0.6 is 15.9 Å². The summed E-state index contributed by atoms with van der Waals surface area (Å²) in [6.07, 6.45) is 2.51. The molecule has 4 heteroatoms. The molecule has 1 aromatic carbocycles. The van der Waals surface area contributed by atoms with Crippen molar-refractivity contribution in [2.75, 3.05) is 26.2 Å². The van der Waals surface area contributed by atoms with Crippen molar-refractivity contribution < 1.29 is 4.79 Å². The number of piperazine rings is 1. The summed E-state index contributed by atoms with van der Waals surface area (Å²) < 4.78 is 0.939. The summed E-state index contributed by atoms with van der Waals surface area (Å²) in [6, 6.07) is 6.48. The van der Waals surface area contributed by atoms with Crippen molar-refractivity contribution in [1.29, 1.82) is 0 Å². The number of rotatable bonds is 1. The second kappa shape index (κ2) is 5.25. The Labute approximate surface area is 122 Å². The molecule has 2 aliphatic heterocycles. The molecule has 1 amide bonds. The van der Waals surface area contributed by atoms with Gasteiger partial charge in [0, 0.05) is 30.1 Å². The highest BCUT2D eigenvalue weighted by Gasteiger charge is 2.33. The van der Waals surface area contributed by atoms with E-state index in [2.05, 4.69) is 20.8 Å². The summed E-state index contributed by atoms with van der Waals surface area (Å²) in [4.78, 5) is 17.2. The van der Waals surface area contributed by atoms with Gasteiger partial charge in [-0.1, -0.05) is 12.1 Å². The quantitative estimate of drug-likeness (QED) is 0.793. The fraction of sp³-hybridized carbons (Fsp3) is 0.533. The van der Waals surface area contributed by atoms with E-state index in [1.807, 2.05) is 30.0 Å². The Morgan fingerprint density at radius 1 is 1.32 bits per heavy atom. The first kappa shape index (κ1) is 13.1. The summed E-state index contributed by atoms with van der Waals surface area (Å²) in [5.41, 5.74) is 1.91. The molecule has 1 aromatic rings. The van der Waals surface area contributed by atoms with Crippen molar-refractivity contribution in [2.24, 2.45) is 0 Å². The van der Waals surface area contributed by atoms with Crippen LogP contribution in [0.1, 0.15) is 28.8 Å². The standard InChI is InChI=1S/C15H19BrN2O/c1-11-4-2-6-13(14(11)16)15(19)18-9-8-17-7-3-5-12(17)10-18/h2,4,6,12H,3,5,7-10H2,1H3. The molecule has 102 valence electrons. The van der Waals surface area contributed by atoms with E-state index in [0.29, 0.717) is 6.04 Å². The van der Waals surface area contributed by atoms with Crippen LogP contribution in [0.4, 0.5) is 0 Å². The van der Waals surface area contributed by atoms with Crippen molar-refractivity contribution in [3.8, 4) is 0 Å². The maximum Gasteiger partial charge on any atom is 0.255 e. The summed E-state index contributed by atoms with van der Waals surface area (Å²) in [7, 11) is 0. The molecule has 1 unspecified atom stereocenters. The number of aryl methyl sites for hydroxylation is 1. The number of benzene rings is 1. The molecule has 0 radical (unpaired) electrons. The Morgan fingerprint density at radius 2 is 2.16 bits per heavy atom. The van der Waals surface area contributed by atoms with Gasteiger partial charge >= 0.3 is 0 Å². The predicted octanol–water partition coefficient (Wildman–Crippen LogP) is 2.68. The fourth-order valence-electron chi connectivity index (χ4n) is 3.16. The minimum absolute atomic E-state index is 0.169. The zero-order valence-electron chi connectivity index (χ0n) is 11.2. The zero-order valence-corrected chi connectivity index (χ0v) is 12.8. The number of carbonyl (C=O) groups is 1. The van der Waals surface area contributed by atoms with E-state index in [4.69, 9.17) is 0 Å². The maximum absolute atomic E-state index is 12.6. The van der Waals surface area contributed by atoms with Gasteiger partial charge < -0.3 is 4.90 Å². The molecular formula is C15H19BrN2O. The van der Waals surface area contributed by atoms with Crippen LogP contribution in [0.25, 0.3) is 0 Å². The van der Waals surface area contributed by atoms with Crippen LogP contribution in [0.2, 0.25) is 0 Å². The van der Waals surface area contributed by atoms with Crippen LogP contribution < -0.4 is 0 Å². The molecule has 3 rings (SSSR count). The Bertz CT molecular complexity index is 503. The third kappa shape index (κ3) is 2.43. The highest BCUT2D eigenvalue weighted by atomic mass is 79.9. The summed E-state index contributed by atoms with van der Waals surface area (Å²) in [5.74, 6) is 0.169. The molecule has 0 bridgehead atoms. The van der Waals surface area contributed by atoms with Crippen molar-refractivity contribution in [1.82, 2.24) is 9.80 Å². The van der Waals surface area contributed by atoms with Gasteiger partial charge in [-0.25, -0.2) is 0 Å². The van der Waals surface area contributed by atoms with E-state index < -0.39 is 0 Å². The minimum Gasteiger partial charge on any atom is -0.336 e. The smallest absolute Gasteiger partial charge is 0.255 e. The molecule has 0 N–H and O–H groups in total. The lowest BCUT2D eigenvalue weighted by atomic mass is 10.1. The molecule has 0 saturated carbocycles. The normalized spacial score (nSPS) is 23.5. The number of fused-ring (bicyclic) bond motifs is 1. The van der Waals surface area contributed by atoms with Gasteiger partial charge in [0.2, 0.25) is 0 Å². The Balaban J connectivity index is 1.79. The van der Waals surface area contributed by atoms with Gasteiger partial charge in [0.25, 0.3) is 5.91 Å². The van der Waals surface area contributed by atoms with Crippen molar-refractivity contribution in [3.63, 3.8) is 0 Å². The predicted molar refractivity (Wildman–Crippen MR) is 79.4 cm³/mol. The lowest BCUT2D eigenvalue weighted by molar-refractivity contribution is 0.0570. The first-order chi connectivity index (χ1) is 9.16. The zero-order chi connectivity index (χ0) is 13.4. The van der Waals surface area contributed by atoms with Crippen LogP contribution in [-0.4, -0.2) is 47.9 Å². The third-order valence-electron chi connectivity index (χ3n) is 4.30. The van der Waals surface area contributed by atoms with E-state index in [1.54, 1.807) is 0 Å². The number of nitrogens with zero attached hydrogens (tertiary/aromatic N) is 2. The maximum atomic E-state index is 12.6. The molecule has 0 spiro atoms. The highest BCUT2D eigenvalue weighted by molar-refractivity contribution is 9.10. The van der Waals surface area contributed by atoms with Crippen LogP contribution in [0.5, 0.6) is 0 Å². The number of halogens is 1. The van der Waals surface area contributed by atoms with Crippen molar-refractivity contribution in [3.05, 3.63) is 33.8 Å². The Kier molecular flexibility index (Phi) is 3.63. The number of hydrogen-bond donors (Lipinski definition) is 0. The second-order valence-electron chi connectivity index (χ2n) is 5.52. The van der Waals surface area contributed by atoms with E-state index in [-0.39, 0.29) is 5.91 Å². The number of carbonyl (C=O) groups excluding carboxylic acids is 1. The minimum atomic E-state index is 0.169. The van der Waals surface area contributed by atoms with Crippen molar-refractivity contribution in [2.45, 2.75) is 25.8 Å². The van der Waals surface area contributed by atoms with Gasteiger partial charge in [-0.3, -0.25) is 9.69 Å². The molecule has 2 heterocycles. The Morgan fingerprint density at radius 3 is 3.00 bits per heavy atom. The lowest BCUT2D eigenvalue weighted by Crippen LogP contribution is -2.52. The molecule has 2 saturated heterocycles. The Hall–Kier alpha value is -0.870. The third-order valence-corrected chi connectivity index (χ3v) is 5.35. The summed E-state index contributed by atoms with van der Waals surface area (Å²) >= 11 is 3.55. The number of hydrogen-bond acceptors (Lipinski definition) is 2. The molecule has 3 nitrogen and oxygen atoms in total. The molecule has 0 aromatic heterocycles. The molecule has 2 fully saturated rings. The topological polar surface area (TPSA) is 23.6 Å². The average molecular weight is 323 g/mol.